The maximum Gasteiger partial charge on any atom is 0.0825 e. The highest BCUT2D eigenvalue weighted by Crippen LogP contribution is 2.30. The number of fused-ring (bicyclic) bond motifs is 1. The van der Waals surface area contributed by atoms with Crippen molar-refractivity contribution in [3.8, 4) is 0 Å². The van der Waals surface area contributed by atoms with Gasteiger partial charge in [-0.15, -0.1) is 0 Å². The molecule has 94 valence electrons. The van der Waals surface area contributed by atoms with Crippen LogP contribution in [-0.4, -0.2) is 40.3 Å². The lowest BCUT2D eigenvalue weighted by molar-refractivity contribution is 0.192. The summed E-state index contributed by atoms with van der Waals surface area (Å²) in [5, 5.41) is 11.0. The number of hydrogen-bond acceptors (Lipinski definition) is 3. The molecule has 0 aliphatic carbocycles. The molecule has 4 heteroatoms. The van der Waals surface area contributed by atoms with E-state index in [9.17, 15) is 0 Å². The van der Waals surface area contributed by atoms with E-state index in [-0.39, 0.29) is 0 Å². The zero-order valence-corrected chi connectivity index (χ0v) is 10.8. The van der Waals surface area contributed by atoms with E-state index >= 15 is 0 Å². The molecule has 0 spiro atoms. The summed E-state index contributed by atoms with van der Waals surface area (Å²) in [5.74, 6) is 0. The molecule has 2 aliphatic heterocycles. The SMILES string of the molecule is Cc1n[nH]c(C)c1NC1CCN2CCCCC12. The number of aryl methyl sites for hydroxylation is 2. The summed E-state index contributed by atoms with van der Waals surface area (Å²) in [7, 11) is 0. The second kappa shape index (κ2) is 4.33. The van der Waals surface area contributed by atoms with Crippen molar-refractivity contribution in [3.63, 3.8) is 0 Å². The minimum absolute atomic E-state index is 0.616. The Hall–Kier alpha value is -1.03. The Morgan fingerprint density at radius 2 is 2.12 bits per heavy atom. The van der Waals surface area contributed by atoms with Crippen LogP contribution in [0.2, 0.25) is 0 Å². The molecule has 1 aromatic heterocycles. The molecule has 0 bridgehead atoms. The lowest BCUT2D eigenvalue weighted by Crippen LogP contribution is -2.41. The van der Waals surface area contributed by atoms with E-state index in [1.807, 2.05) is 0 Å². The van der Waals surface area contributed by atoms with Crippen LogP contribution in [0.25, 0.3) is 0 Å². The quantitative estimate of drug-likeness (QED) is 0.823. The predicted molar refractivity (Wildman–Crippen MR) is 69.3 cm³/mol. The number of H-pyrrole nitrogens is 1. The highest BCUT2D eigenvalue weighted by molar-refractivity contribution is 5.52. The van der Waals surface area contributed by atoms with Crippen molar-refractivity contribution in [2.24, 2.45) is 0 Å². The van der Waals surface area contributed by atoms with E-state index in [1.165, 1.54) is 44.5 Å². The molecule has 0 radical (unpaired) electrons. The van der Waals surface area contributed by atoms with Gasteiger partial charge in [0.25, 0.3) is 0 Å². The molecule has 2 unspecified atom stereocenters. The predicted octanol–water partition coefficient (Wildman–Crippen LogP) is 2.07. The number of hydrogen-bond donors (Lipinski definition) is 2. The van der Waals surface area contributed by atoms with Crippen LogP contribution in [0.15, 0.2) is 0 Å². The monoisotopic (exact) mass is 234 g/mol. The van der Waals surface area contributed by atoms with Gasteiger partial charge in [-0.2, -0.15) is 5.10 Å². The third-order valence-electron chi connectivity index (χ3n) is 4.31. The third kappa shape index (κ3) is 1.95. The van der Waals surface area contributed by atoms with Crippen LogP contribution in [0.4, 0.5) is 5.69 Å². The number of aromatic nitrogens is 2. The summed E-state index contributed by atoms with van der Waals surface area (Å²) in [6, 6.07) is 1.36. The molecule has 2 atom stereocenters. The Balaban J connectivity index is 1.73. The smallest absolute Gasteiger partial charge is 0.0825 e. The first-order valence-corrected chi connectivity index (χ1v) is 6.78. The minimum atomic E-state index is 0.616. The summed E-state index contributed by atoms with van der Waals surface area (Å²) in [4.78, 5) is 2.66. The second-order valence-corrected chi connectivity index (χ2v) is 5.45. The zero-order chi connectivity index (χ0) is 11.8. The molecule has 2 fully saturated rings. The van der Waals surface area contributed by atoms with E-state index < -0.39 is 0 Å². The van der Waals surface area contributed by atoms with E-state index in [0.717, 1.165) is 17.4 Å². The molecule has 3 rings (SSSR count). The van der Waals surface area contributed by atoms with Gasteiger partial charge in [0.1, 0.15) is 0 Å². The van der Waals surface area contributed by atoms with Gasteiger partial charge in [-0.3, -0.25) is 10.00 Å². The first-order valence-electron chi connectivity index (χ1n) is 6.78. The minimum Gasteiger partial charge on any atom is -0.378 e. The summed E-state index contributed by atoms with van der Waals surface area (Å²) >= 11 is 0. The van der Waals surface area contributed by atoms with Gasteiger partial charge in [-0.1, -0.05) is 6.42 Å². The Kier molecular flexibility index (Phi) is 2.82. The molecule has 17 heavy (non-hydrogen) atoms. The average molecular weight is 234 g/mol. The van der Waals surface area contributed by atoms with Gasteiger partial charge in [0.2, 0.25) is 0 Å². The Morgan fingerprint density at radius 3 is 2.88 bits per heavy atom. The summed E-state index contributed by atoms with van der Waals surface area (Å²) in [5.41, 5.74) is 3.48. The van der Waals surface area contributed by atoms with Crippen LogP contribution < -0.4 is 5.32 Å². The van der Waals surface area contributed by atoms with Crippen molar-refractivity contribution in [1.82, 2.24) is 15.1 Å². The van der Waals surface area contributed by atoms with Crippen molar-refractivity contribution < 1.29 is 0 Å². The van der Waals surface area contributed by atoms with Crippen molar-refractivity contribution in [1.29, 1.82) is 0 Å². The Bertz CT molecular complexity index is 379. The highest BCUT2D eigenvalue weighted by Gasteiger charge is 2.35. The van der Waals surface area contributed by atoms with Gasteiger partial charge in [0.15, 0.2) is 0 Å². The van der Waals surface area contributed by atoms with Crippen LogP contribution in [-0.2, 0) is 0 Å². The fourth-order valence-corrected chi connectivity index (χ4v) is 3.36. The van der Waals surface area contributed by atoms with Crippen molar-refractivity contribution in [3.05, 3.63) is 11.4 Å². The fraction of sp³-hybridized carbons (Fsp3) is 0.769. The van der Waals surface area contributed by atoms with E-state index in [4.69, 9.17) is 0 Å². The molecule has 2 aliphatic rings. The Labute approximate surface area is 103 Å². The summed E-state index contributed by atoms with van der Waals surface area (Å²) in [6.07, 6.45) is 5.40. The van der Waals surface area contributed by atoms with Crippen LogP contribution in [0.1, 0.15) is 37.1 Å². The molecule has 3 heterocycles. The lowest BCUT2D eigenvalue weighted by atomic mass is 9.99. The lowest BCUT2D eigenvalue weighted by Gasteiger charge is -2.33. The summed E-state index contributed by atoms with van der Waals surface area (Å²) in [6.45, 7) is 6.72. The molecule has 2 N–H and O–H groups in total. The first-order chi connectivity index (χ1) is 8.25. The van der Waals surface area contributed by atoms with Gasteiger partial charge < -0.3 is 5.32 Å². The average Bonchev–Trinajstić information content (AvgIpc) is 2.88. The van der Waals surface area contributed by atoms with Gasteiger partial charge in [-0.05, 0) is 39.7 Å². The van der Waals surface area contributed by atoms with Gasteiger partial charge in [0, 0.05) is 18.6 Å². The van der Waals surface area contributed by atoms with Gasteiger partial charge in [-0.25, -0.2) is 0 Å². The normalized spacial score (nSPS) is 29.3. The molecule has 0 amide bonds. The maximum atomic E-state index is 4.26. The van der Waals surface area contributed by atoms with Gasteiger partial charge in [0.05, 0.1) is 17.1 Å². The largest absolute Gasteiger partial charge is 0.378 e. The van der Waals surface area contributed by atoms with Gasteiger partial charge >= 0.3 is 0 Å². The third-order valence-corrected chi connectivity index (χ3v) is 4.31. The van der Waals surface area contributed by atoms with Crippen LogP contribution in [0.5, 0.6) is 0 Å². The van der Waals surface area contributed by atoms with E-state index in [1.54, 1.807) is 0 Å². The molecule has 4 nitrogen and oxygen atoms in total. The molecule has 1 aromatic rings. The van der Waals surface area contributed by atoms with Crippen LogP contribution in [0, 0.1) is 13.8 Å². The maximum absolute atomic E-state index is 4.26. The second-order valence-electron chi connectivity index (χ2n) is 5.45. The molecular weight excluding hydrogens is 212 g/mol. The zero-order valence-electron chi connectivity index (χ0n) is 10.8. The van der Waals surface area contributed by atoms with Crippen molar-refractivity contribution in [2.45, 2.75) is 51.6 Å². The number of anilines is 1. The number of rotatable bonds is 2. The van der Waals surface area contributed by atoms with Crippen LogP contribution in [0.3, 0.4) is 0 Å². The Morgan fingerprint density at radius 1 is 1.24 bits per heavy atom. The fourth-order valence-electron chi connectivity index (χ4n) is 3.36. The molecule has 2 saturated heterocycles. The standard InChI is InChI=1S/C13H22N4/c1-9-13(10(2)16-15-9)14-11-6-8-17-7-4-3-5-12(11)17/h11-12,14H,3-8H2,1-2H3,(H,15,16). The van der Waals surface area contributed by atoms with Crippen LogP contribution >= 0.6 is 0 Å². The molecule has 0 saturated carbocycles. The number of nitrogens with zero attached hydrogens (tertiary/aromatic N) is 2. The van der Waals surface area contributed by atoms with E-state index in [2.05, 4.69) is 34.3 Å². The number of nitrogens with one attached hydrogen (secondary N) is 2. The molecular formula is C13H22N4. The molecule has 0 aromatic carbocycles. The first kappa shape index (κ1) is 11.1. The number of aromatic amines is 1. The van der Waals surface area contributed by atoms with E-state index in [0.29, 0.717) is 6.04 Å². The summed E-state index contributed by atoms with van der Waals surface area (Å²) < 4.78 is 0. The highest BCUT2D eigenvalue weighted by atomic mass is 15.2. The topological polar surface area (TPSA) is 44.0 Å². The van der Waals surface area contributed by atoms with Crippen molar-refractivity contribution in [2.75, 3.05) is 18.4 Å². The van der Waals surface area contributed by atoms with Crippen molar-refractivity contribution >= 4 is 5.69 Å². The number of piperidine rings is 1.